The molecule has 1 aromatic heterocycles. The van der Waals surface area contributed by atoms with E-state index < -0.39 is 17.5 Å². The van der Waals surface area contributed by atoms with Gasteiger partial charge in [-0.1, -0.05) is 0 Å². The number of carbonyl (C=O) groups is 2. The number of benzene rings is 1. The number of carbonyl (C=O) groups excluding carboxylic acids is 2. The summed E-state index contributed by atoms with van der Waals surface area (Å²) in [6.07, 6.45) is 5.09. The fraction of sp³-hybridized carbons (Fsp3) is 0.350. The number of hydrogen-bond acceptors (Lipinski definition) is 4. The largest absolute Gasteiger partial charge is 0.352 e. The number of piperidine rings is 1. The lowest BCUT2D eigenvalue weighted by molar-refractivity contribution is 0.0680. The van der Waals surface area contributed by atoms with Crippen LogP contribution >= 0.6 is 11.8 Å². The molecule has 2 aromatic rings. The summed E-state index contributed by atoms with van der Waals surface area (Å²) < 4.78 is 26.2. The van der Waals surface area contributed by atoms with Crippen molar-refractivity contribution in [2.75, 3.05) is 25.9 Å². The zero-order chi connectivity index (χ0) is 20.1. The third-order valence-corrected chi connectivity index (χ3v) is 5.54. The Kier molecular flexibility index (Phi) is 6.61. The normalized spacial score (nSPS) is 14.8. The van der Waals surface area contributed by atoms with E-state index in [1.165, 1.54) is 17.8 Å². The van der Waals surface area contributed by atoms with Crippen molar-refractivity contribution in [3.63, 3.8) is 0 Å². The second-order valence-electron chi connectivity index (χ2n) is 6.63. The average molecular weight is 405 g/mol. The maximum Gasteiger partial charge on any atom is 0.256 e. The Balaban J connectivity index is 1.50. The number of nitrogens with one attached hydrogen (secondary N) is 1. The van der Waals surface area contributed by atoms with Gasteiger partial charge in [0.25, 0.3) is 11.8 Å². The molecular formula is C20H21F2N3O2S. The molecule has 0 spiro atoms. The van der Waals surface area contributed by atoms with Gasteiger partial charge in [-0.3, -0.25) is 9.59 Å². The van der Waals surface area contributed by atoms with Gasteiger partial charge in [0.15, 0.2) is 11.6 Å². The Bertz CT molecular complexity index is 870. The van der Waals surface area contributed by atoms with E-state index in [-0.39, 0.29) is 17.4 Å². The van der Waals surface area contributed by atoms with E-state index in [4.69, 9.17) is 0 Å². The van der Waals surface area contributed by atoms with E-state index in [1.807, 2.05) is 11.2 Å². The second kappa shape index (κ2) is 9.14. The lowest BCUT2D eigenvalue weighted by Gasteiger charge is -2.32. The molecule has 1 fully saturated rings. The molecule has 1 aliphatic rings. The first-order valence-electron chi connectivity index (χ1n) is 9.01. The minimum absolute atomic E-state index is 0.0262. The molecule has 0 saturated carbocycles. The lowest BCUT2D eigenvalue weighted by Crippen LogP contribution is -2.41. The predicted octanol–water partition coefficient (Wildman–Crippen LogP) is 3.36. The Labute approximate surface area is 166 Å². The van der Waals surface area contributed by atoms with Crippen LogP contribution in [0.25, 0.3) is 0 Å². The van der Waals surface area contributed by atoms with Gasteiger partial charge >= 0.3 is 0 Å². The molecule has 1 N–H and O–H groups in total. The number of thioether (sulfide) groups is 1. The van der Waals surface area contributed by atoms with Crippen molar-refractivity contribution in [1.82, 2.24) is 15.2 Å². The third-order valence-electron chi connectivity index (χ3n) is 4.83. The van der Waals surface area contributed by atoms with Crippen LogP contribution in [0.4, 0.5) is 8.78 Å². The summed E-state index contributed by atoms with van der Waals surface area (Å²) in [6.45, 7) is 1.64. The maximum atomic E-state index is 13.2. The van der Waals surface area contributed by atoms with Crippen LogP contribution in [-0.2, 0) is 0 Å². The van der Waals surface area contributed by atoms with Crippen molar-refractivity contribution in [1.29, 1.82) is 0 Å². The second-order valence-corrected chi connectivity index (χ2v) is 7.43. The molecule has 28 heavy (non-hydrogen) atoms. The van der Waals surface area contributed by atoms with Crippen LogP contribution < -0.4 is 5.32 Å². The SMILES string of the molecule is CSc1ncccc1C(=O)N1CCC(CNC(=O)c2ccc(F)c(F)c2)CC1. The van der Waals surface area contributed by atoms with Crippen LogP contribution in [0.3, 0.4) is 0 Å². The first-order valence-corrected chi connectivity index (χ1v) is 10.2. The Hall–Kier alpha value is -2.48. The Morgan fingerprint density at radius 2 is 1.96 bits per heavy atom. The quantitative estimate of drug-likeness (QED) is 0.775. The first kappa shape index (κ1) is 20.3. The maximum absolute atomic E-state index is 13.2. The van der Waals surface area contributed by atoms with Crippen molar-refractivity contribution in [3.05, 3.63) is 59.3 Å². The predicted molar refractivity (Wildman–Crippen MR) is 103 cm³/mol. The fourth-order valence-corrected chi connectivity index (χ4v) is 3.74. The Morgan fingerprint density at radius 1 is 1.21 bits per heavy atom. The van der Waals surface area contributed by atoms with Gasteiger partial charge in [-0.25, -0.2) is 13.8 Å². The summed E-state index contributed by atoms with van der Waals surface area (Å²) in [7, 11) is 0. The molecule has 1 aliphatic heterocycles. The van der Waals surface area contributed by atoms with Gasteiger partial charge < -0.3 is 10.2 Å². The van der Waals surface area contributed by atoms with E-state index in [0.29, 0.717) is 30.2 Å². The highest BCUT2D eigenvalue weighted by atomic mass is 32.2. The number of aromatic nitrogens is 1. The van der Waals surface area contributed by atoms with Gasteiger partial charge in [0, 0.05) is 31.4 Å². The highest BCUT2D eigenvalue weighted by Crippen LogP contribution is 2.22. The average Bonchev–Trinajstić information content (AvgIpc) is 2.73. The molecule has 148 valence electrons. The standard InChI is InChI=1S/C20H21F2N3O2S/c1-28-19-15(3-2-8-23-19)20(27)25-9-6-13(7-10-25)12-24-18(26)14-4-5-16(21)17(22)11-14/h2-5,8,11,13H,6-7,9-10,12H2,1H3,(H,24,26). The molecule has 0 aliphatic carbocycles. The number of rotatable bonds is 5. The van der Waals surface area contributed by atoms with E-state index in [0.717, 1.165) is 25.0 Å². The topological polar surface area (TPSA) is 62.3 Å². The van der Waals surface area contributed by atoms with Crippen molar-refractivity contribution in [2.45, 2.75) is 17.9 Å². The summed E-state index contributed by atoms with van der Waals surface area (Å²) in [5.41, 5.74) is 0.702. The van der Waals surface area contributed by atoms with Gasteiger partial charge in [0.1, 0.15) is 5.03 Å². The summed E-state index contributed by atoms with van der Waals surface area (Å²) in [5, 5.41) is 3.48. The summed E-state index contributed by atoms with van der Waals surface area (Å²) >= 11 is 1.44. The molecule has 2 amide bonds. The van der Waals surface area contributed by atoms with E-state index in [2.05, 4.69) is 10.3 Å². The lowest BCUT2D eigenvalue weighted by atomic mass is 9.96. The number of hydrogen-bond donors (Lipinski definition) is 1. The van der Waals surface area contributed by atoms with E-state index >= 15 is 0 Å². The van der Waals surface area contributed by atoms with E-state index in [9.17, 15) is 18.4 Å². The summed E-state index contributed by atoms with van der Waals surface area (Å²) in [6, 6.07) is 6.63. The minimum atomic E-state index is -1.04. The van der Waals surface area contributed by atoms with Crippen molar-refractivity contribution < 1.29 is 18.4 Å². The summed E-state index contributed by atoms with van der Waals surface area (Å²) in [4.78, 5) is 30.9. The van der Waals surface area contributed by atoms with Gasteiger partial charge in [-0.05, 0) is 55.3 Å². The fourth-order valence-electron chi connectivity index (χ4n) is 3.20. The number of likely N-dealkylation sites (tertiary alicyclic amines) is 1. The van der Waals surface area contributed by atoms with Crippen molar-refractivity contribution >= 4 is 23.6 Å². The molecule has 1 aromatic carbocycles. The molecule has 0 radical (unpaired) electrons. The van der Waals surface area contributed by atoms with Crippen LogP contribution in [0.5, 0.6) is 0 Å². The number of pyridine rings is 1. The molecule has 0 bridgehead atoms. The molecule has 3 rings (SSSR count). The zero-order valence-electron chi connectivity index (χ0n) is 15.5. The van der Waals surface area contributed by atoms with Crippen molar-refractivity contribution in [2.24, 2.45) is 5.92 Å². The monoisotopic (exact) mass is 405 g/mol. The molecule has 0 unspecified atom stereocenters. The number of nitrogens with zero attached hydrogens (tertiary/aromatic N) is 2. The molecule has 8 heteroatoms. The molecule has 5 nitrogen and oxygen atoms in total. The van der Waals surface area contributed by atoms with Gasteiger partial charge in [0.05, 0.1) is 5.56 Å². The highest BCUT2D eigenvalue weighted by Gasteiger charge is 2.25. The Morgan fingerprint density at radius 3 is 2.64 bits per heavy atom. The zero-order valence-corrected chi connectivity index (χ0v) is 16.3. The highest BCUT2D eigenvalue weighted by molar-refractivity contribution is 7.98. The van der Waals surface area contributed by atoms with Crippen LogP contribution in [0, 0.1) is 17.6 Å². The minimum Gasteiger partial charge on any atom is -0.352 e. The van der Waals surface area contributed by atoms with E-state index in [1.54, 1.807) is 18.3 Å². The van der Waals surface area contributed by atoms with Gasteiger partial charge in [-0.15, -0.1) is 11.8 Å². The van der Waals surface area contributed by atoms with Gasteiger partial charge in [0.2, 0.25) is 0 Å². The molecule has 0 atom stereocenters. The molecular weight excluding hydrogens is 384 g/mol. The summed E-state index contributed by atoms with van der Waals surface area (Å²) in [5.74, 6) is -2.25. The third kappa shape index (κ3) is 4.67. The number of amides is 2. The van der Waals surface area contributed by atoms with Crippen molar-refractivity contribution in [3.8, 4) is 0 Å². The van der Waals surface area contributed by atoms with Crippen LogP contribution in [-0.4, -0.2) is 47.6 Å². The van der Waals surface area contributed by atoms with Crippen LogP contribution in [0.15, 0.2) is 41.6 Å². The van der Waals surface area contributed by atoms with Crippen LogP contribution in [0.1, 0.15) is 33.6 Å². The smallest absolute Gasteiger partial charge is 0.256 e. The number of halogens is 2. The van der Waals surface area contributed by atoms with Crippen LogP contribution in [0.2, 0.25) is 0 Å². The van der Waals surface area contributed by atoms with Gasteiger partial charge in [-0.2, -0.15) is 0 Å². The molecule has 1 saturated heterocycles. The molecule has 2 heterocycles. The first-order chi connectivity index (χ1) is 13.5.